The van der Waals surface area contributed by atoms with Gasteiger partial charge in [-0.25, -0.2) is 4.98 Å². The normalized spacial score (nSPS) is 10.6. The molecule has 0 radical (unpaired) electrons. The number of carboxylic acid groups (broad SMARTS) is 1. The van der Waals surface area contributed by atoms with Crippen LogP contribution in [0.3, 0.4) is 0 Å². The van der Waals surface area contributed by atoms with E-state index in [1.165, 1.54) is 0 Å². The molecular weight excluding hydrogens is 208 g/mol. The molecule has 0 saturated carbocycles. The summed E-state index contributed by atoms with van der Waals surface area (Å²) in [6, 6.07) is 5.52. The number of aryl methyl sites for hydroxylation is 1. The molecule has 84 valence electrons. The molecular formula is C11H12N2O3. The third-order valence-electron chi connectivity index (χ3n) is 2.28. The second-order valence-corrected chi connectivity index (χ2v) is 3.50. The van der Waals surface area contributed by atoms with Gasteiger partial charge in [-0.15, -0.1) is 0 Å². The molecule has 0 unspecified atom stereocenters. The average Bonchev–Trinajstić information content (AvgIpc) is 2.60. The Morgan fingerprint density at radius 3 is 3.12 bits per heavy atom. The van der Waals surface area contributed by atoms with Gasteiger partial charge in [-0.05, 0) is 12.1 Å². The van der Waals surface area contributed by atoms with Gasteiger partial charge in [-0.1, -0.05) is 0 Å². The monoisotopic (exact) mass is 220 g/mol. The van der Waals surface area contributed by atoms with Crippen LogP contribution < -0.4 is 4.74 Å². The van der Waals surface area contributed by atoms with Gasteiger partial charge < -0.3 is 14.4 Å². The van der Waals surface area contributed by atoms with E-state index in [4.69, 9.17) is 9.84 Å². The van der Waals surface area contributed by atoms with Crippen molar-refractivity contribution in [2.75, 3.05) is 6.61 Å². The largest absolute Gasteiger partial charge is 0.493 e. The van der Waals surface area contributed by atoms with Crippen LogP contribution in [0.25, 0.3) is 11.0 Å². The third-order valence-corrected chi connectivity index (χ3v) is 2.28. The minimum absolute atomic E-state index is 0.000253. The molecule has 0 saturated heterocycles. The average molecular weight is 220 g/mol. The predicted molar refractivity (Wildman–Crippen MR) is 58.5 cm³/mol. The van der Waals surface area contributed by atoms with E-state index >= 15 is 0 Å². The number of aliphatic carboxylic acids is 1. The molecule has 1 aromatic carbocycles. The second kappa shape index (κ2) is 4.22. The van der Waals surface area contributed by atoms with Crippen molar-refractivity contribution in [3.8, 4) is 5.75 Å². The predicted octanol–water partition coefficient (Wildman–Crippen LogP) is 1.43. The van der Waals surface area contributed by atoms with Crippen LogP contribution in [0, 0.1) is 0 Å². The number of carboxylic acids is 1. The highest BCUT2D eigenvalue weighted by atomic mass is 16.5. The van der Waals surface area contributed by atoms with E-state index in [0.717, 1.165) is 11.0 Å². The molecule has 0 aliphatic heterocycles. The first kappa shape index (κ1) is 10.5. The van der Waals surface area contributed by atoms with Gasteiger partial charge in [-0.2, -0.15) is 0 Å². The number of fused-ring (bicyclic) bond motifs is 1. The molecule has 2 rings (SSSR count). The zero-order valence-corrected chi connectivity index (χ0v) is 8.88. The molecule has 5 heteroatoms. The van der Waals surface area contributed by atoms with Crippen molar-refractivity contribution in [3.63, 3.8) is 0 Å². The standard InChI is InChI=1S/C11H12N2O3/c1-13-7-12-9-6-8(2-3-10(9)13)16-5-4-11(14)15/h2-3,6-7H,4-5H2,1H3,(H,14,15). The number of benzene rings is 1. The number of imidazole rings is 1. The summed E-state index contributed by atoms with van der Waals surface area (Å²) in [5, 5.41) is 8.47. The number of carbonyl (C=O) groups is 1. The van der Waals surface area contributed by atoms with Gasteiger partial charge in [0.15, 0.2) is 0 Å². The van der Waals surface area contributed by atoms with Crippen LogP contribution in [-0.2, 0) is 11.8 Å². The fourth-order valence-electron chi connectivity index (χ4n) is 1.46. The maximum Gasteiger partial charge on any atom is 0.306 e. The molecule has 0 fully saturated rings. The lowest BCUT2D eigenvalue weighted by atomic mass is 10.3. The van der Waals surface area contributed by atoms with Crippen LogP contribution in [0.1, 0.15) is 6.42 Å². The fourth-order valence-corrected chi connectivity index (χ4v) is 1.46. The quantitative estimate of drug-likeness (QED) is 0.846. The molecule has 0 aliphatic carbocycles. The Kier molecular flexibility index (Phi) is 2.76. The minimum Gasteiger partial charge on any atom is -0.493 e. The molecule has 0 bridgehead atoms. The van der Waals surface area contributed by atoms with Crippen molar-refractivity contribution in [1.82, 2.24) is 9.55 Å². The van der Waals surface area contributed by atoms with Crippen molar-refractivity contribution in [2.24, 2.45) is 7.05 Å². The highest BCUT2D eigenvalue weighted by Crippen LogP contribution is 2.19. The smallest absolute Gasteiger partial charge is 0.306 e. The lowest BCUT2D eigenvalue weighted by Crippen LogP contribution is -2.04. The van der Waals surface area contributed by atoms with E-state index in [2.05, 4.69) is 4.98 Å². The highest BCUT2D eigenvalue weighted by Gasteiger charge is 2.02. The first-order valence-corrected chi connectivity index (χ1v) is 4.92. The molecule has 2 aromatic rings. The summed E-state index contributed by atoms with van der Waals surface area (Å²) in [5.74, 6) is -0.216. The molecule has 0 atom stereocenters. The molecule has 0 spiro atoms. The molecule has 5 nitrogen and oxygen atoms in total. The first-order valence-electron chi connectivity index (χ1n) is 4.92. The molecule has 0 amide bonds. The number of aromatic nitrogens is 2. The van der Waals surface area contributed by atoms with E-state index in [0.29, 0.717) is 5.75 Å². The summed E-state index contributed by atoms with van der Waals surface area (Å²) in [6.45, 7) is 0.174. The van der Waals surface area contributed by atoms with Crippen molar-refractivity contribution in [2.45, 2.75) is 6.42 Å². The maximum absolute atomic E-state index is 10.3. The van der Waals surface area contributed by atoms with E-state index in [-0.39, 0.29) is 13.0 Å². The van der Waals surface area contributed by atoms with Crippen molar-refractivity contribution >= 4 is 17.0 Å². The summed E-state index contributed by atoms with van der Waals surface area (Å²) >= 11 is 0. The summed E-state index contributed by atoms with van der Waals surface area (Å²) in [7, 11) is 1.92. The molecule has 0 aliphatic rings. The Morgan fingerprint density at radius 2 is 2.38 bits per heavy atom. The zero-order valence-electron chi connectivity index (χ0n) is 8.88. The van der Waals surface area contributed by atoms with Crippen LogP contribution in [0.4, 0.5) is 0 Å². The van der Waals surface area contributed by atoms with Gasteiger partial charge in [0.25, 0.3) is 0 Å². The van der Waals surface area contributed by atoms with Crippen LogP contribution in [-0.4, -0.2) is 27.2 Å². The summed E-state index contributed by atoms with van der Waals surface area (Å²) in [6.07, 6.45) is 1.73. The van der Waals surface area contributed by atoms with Crippen LogP contribution in [0.15, 0.2) is 24.5 Å². The number of hydrogen-bond acceptors (Lipinski definition) is 3. The topological polar surface area (TPSA) is 64.4 Å². The van der Waals surface area contributed by atoms with Crippen LogP contribution in [0.5, 0.6) is 5.75 Å². The van der Waals surface area contributed by atoms with Gasteiger partial charge in [0.1, 0.15) is 5.75 Å². The number of hydrogen-bond donors (Lipinski definition) is 1. The number of nitrogens with zero attached hydrogens (tertiary/aromatic N) is 2. The molecule has 16 heavy (non-hydrogen) atoms. The lowest BCUT2D eigenvalue weighted by Gasteiger charge is -2.04. The van der Waals surface area contributed by atoms with Gasteiger partial charge in [0.05, 0.1) is 30.4 Å². The summed E-state index contributed by atoms with van der Waals surface area (Å²) < 4.78 is 7.22. The van der Waals surface area contributed by atoms with Crippen molar-refractivity contribution < 1.29 is 14.6 Å². The summed E-state index contributed by atoms with van der Waals surface area (Å²) in [4.78, 5) is 14.5. The van der Waals surface area contributed by atoms with E-state index in [9.17, 15) is 4.79 Å². The Hall–Kier alpha value is -2.04. The second-order valence-electron chi connectivity index (χ2n) is 3.50. The molecule has 1 heterocycles. The number of rotatable bonds is 4. The van der Waals surface area contributed by atoms with E-state index in [1.54, 1.807) is 12.4 Å². The maximum atomic E-state index is 10.3. The van der Waals surface area contributed by atoms with Gasteiger partial charge >= 0.3 is 5.97 Å². The minimum atomic E-state index is -0.862. The Morgan fingerprint density at radius 1 is 1.56 bits per heavy atom. The zero-order chi connectivity index (χ0) is 11.5. The van der Waals surface area contributed by atoms with Crippen molar-refractivity contribution in [1.29, 1.82) is 0 Å². The Labute approximate surface area is 92.3 Å². The van der Waals surface area contributed by atoms with Crippen LogP contribution >= 0.6 is 0 Å². The van der Waals surface area contributed by atoms with Gasteiger partial charge in [0.2, 0.25) is 0 Å². The van der Waals surface area contributed by atoms with E-state index < -0.39 is 5.97 Å². The molecule has 1 N–H and O–H groups in total. The third kappa shape index (κ3) is 2.13. The Balaban J connectivity index is 2.11. The first-order chi connectivity index (χ1) is 7.66. The lowest BCUT2D eigenvalue weighted by molar-refractivity contribution is -0.137. The van der Waals surface area contributed by atoms with Gasteiger partial charge in [0, 0.05) is 13.1 Å². The molecule has 1 aromatic heterocycles. The highest BCUT2D eigenvalue weighted by molar-refractivity contribution is 5.76. The SMILES string of the molecule is Cn1cnc2cc(OCCC(=O)O)ccc21. The van der Waals surface area contributed by atoms with E-state index in [1.807, 2.05) is 23.7 Å². The fraction of sp³-hybridized carbons (Fsp3) is 0.273. The van der Waals surface area contributed by atoms with Crippen LogP contribution in [0.2, 0.25) is 0 Å². The van der Waals surface area contributed by atoms with Gasteiger partial charge in [-0.3, -0.25) is 4.79 Å². The summed E-state index contributed by atoms with van der Waals surface area (Å²) in [5.41, 5.74) is 1.86. The Bertz CT molecular complexity index is 519. The number of ether oxygens (including phenoxy) is 1. The van der Waals surface area contributed by atoms with Crippen molar-refractivity contribution in [3.05, 3.63) is 24.5 Å².